The molecule has 4 atom stereocenters. The first-order valence-corrected chi connectivity index (χ1v) is 54.4. The summed E-state index contributed by atoms with van der Waals surface area (Å²) in [5, 5.41) is 0. The van der Waals surface area contributed by atoms with Crippen LogP contribution in [-0.4, -0.2) is 38.1 Å². The van der Waals surface area contributed by atoms with E-state index in [0.717, 1.165) is 146 Å². The minimum absolute atomic E-state index is 0.0456. The molecule has 4 nitrogen and oxygen atoms in total. The summed E-state index contributed by atoms with van der Waals surface area (Å²) in [5.74, 6) is 1.02. The van der Waals surface area contributed by atoms with E-state index >= 15 is 18.4 Å². The van der Waals surface area contributed by atoms with Crippen LogP contribution in [0.25, 0.3) is 40.3 Å². The van der Waals surface area contributed by atoms with Crippen molar-refractivity contribution in [1.82, 2.24) is 9.13 Å². The second-order valence-corrected chi connectivity index (χ2v) is 44.7. The van der Waals surface area contributed by atoms with Gasteiger partial charge < -0.3 is 0 Å². The minimum Gasteiger partial charge on any atom is -0.0654 e. The van der Waals surface area contributed by atoms with Crippen LogP contribution < -0.4 is 11.1 Å². The summed E-state index contributed by atoms with van der Waals surface area (Å²) in [5.41, 5.74) is 5.97. The summed E-state index contributed by atoms with van der Waals surface area (Å²) < 4.78 is 42.0. The van der Waals surface area contributed by atoms with Gasteiger partial charge in [-0.3, -0.25) is 0 Å². The number of unbranched alkanes of at least 4 members (excludes halogenated alkanes) is 40. The van der Waals surface area contributed by atoms with E-state index in [9.17, 15) is 0 Å². The first-order chi connectivity index (χ1) is 55.9. The Balaban J connectivity index is 1.06. The Bertz CT molecular complexity index is 3980. The number of halogens is 2. The van der Waals surface area contributed by atoms with Crippen molar-refractivity contribution >= 4 is 85.4 Å². The van der Waals surface area contributed by atoms with Crippen LogP contribution in [0.4, 0.5) is 8.78 Å². The fourth-order valence-electron chi connectivity index (χ4n) is 18.5. The third kappa shape index (κ3) is 30.2. The molecule has 0 spiro atoms. The van der Waals surface area contributed by atoms with Gasteiger partial charge >= 0.3 is 493 Å². The first-order valence-electron chi connectivity index (χ1n) is 47.7. The SMILES string of the molecule is CCCCCCCCCCCCC(CCCCCCCCCC)CCCCn1c(=O)c(-c2ccc(C)[se]2)cc2c1cc(-c1ccc(-c3cc4c(s3)C(c3cc(F)c(CCCCCC)s3)c3cc(C)sc3C4c3cc(F)c(CCCCCC)s3)[se]1)c(=O)n2CCCCC(CCCCCCCCCC)CCCCCCCCCCCC. The molecule has 12 heteroatoms. The molecule has 0 fully saturated rings. The standard InChI is InChI=1S/C102H154F2N2O2S4Se2/c1-9-15-21-27-31-35-37-41-45-49-59-79(57-47-43-39-33-29-23-17-11-3)61-53-55-69-105-88-73-82(102(108)106(87(88)72-81(101(105)107)94-66-65-78(8)113-94)70-56-54-62-80(58-48-44-40-34-30-24-18-12-4)60-50-46-42-38-36-32-28-22-16-10-2)95-67-68-96(114-95)91-74-84-98(93-76-86(104)90(111-93)64-52-26-20-14-6)99-83(71-77(7)109-99)97(100(84)112-91)92-75-85(103)89(110-92)63-51-25-19-13-5/h65-68,71-76,79-80,97-98H,9-64,69-70H2,1-8H3. The van der Waals surface area contributed by atoms with Crippen molar-refractivity contribution in [1.29, 1.82) is 0 Å². The van der Waals surface area contributed by atoms with E-state index in [4.69, 9.17) is 0 Å². The number of hydrogen-bond donors (Lipinski definition) is 0. The van der Waals surface area contributed by atoms with Crippen molar-refractivity contribution in [3.05, 3.63) is 143 Å². The predicted octanol–water partition coefficient (Wildman–Crippen LogP) is 33.6. The van der Waals surface area contributed by atoms with Crippen LogP contribution >= 0.6 is 45.3 Å². The minimum atomic E-state index is -0.243. The summed E-state index contributed by atoms with van der Waals surface area (Å²) in [6.45, 7) is 19.4. The molecule has 4 unspecified atom stereocenters. The van der Waals surface area contributed by atoms with E-state index in [2.05, 4.69) is 113 Å². The van der Waals surface area contributed by atoms with E-state index < -0.39 is 0 Å². The summed E-state index contributed by atoms with van der Waals surface area (Å²) >= 11 is 6.82. The maximum atomic E-state index is 16.5. The quantitative estimate of drug-likeness (QED) is 0.0282. The zero-order valence-corrected chi connectivity index (χ0v) is 79.7. The molecule has 0 radical (unpaired) electrons. The van der Waals surface area contributed by atoms with Crippen LogP contribution in [0.2, 0.25) is 0 Å². The predicted molar refractivity (Wildman–Crippen MR) is 503 cm³/mol. The molecule has 8 heterocycles. The third-order valence-electron chi connectivity index (χ3n) is 25.3. The summed E-state index contributed by atoms with van der Waals surface area (Å²) in [7, 11) is 0. The molecule has 1 aliphatic carbocycles. The molecule has 8 aromatic heterocycles. The molecule has 1 aliphatic rings. The van der Waals surface area contributed by atoms with Crippen LogP contribution in [0.5, 0.6) is 0 Å². The van der Waals surface area contributed by atoms with Crippen molar-refractivity contribution < 1.29 is 8.78 Å². The van der Waals surface area contributed by atoms with Gasteiger partial charge in [-0.1, -0.05) is 234 Å². The van der Waals surface area contributed by atoms with Gasteiger partial charge in [0.15, 0.2) is 0 Å². The summed E-state index contributed by atoms with van der Waals surface area (Å²) in [6, 6.07) is 21.8. The Hall–Kier alpha value is -3.18. The second kappa shape index (κ2) is 54.3. The van der Waals surface area contributed by atoms with E-state index in [-0.39, 0.29) is 63.6 Å². The monoisotopic (exact) mass is 1760 g/mol. The van der Waals surface area contributed by atoms with E-state index in [0.29, 0.717) is 19.0 Å². The van der Waals surface area contributed by atoms with Gasteiger partial charge in [0, 0.05) is 0 Å². The molecule has 0 aromatic carbocycles. The molecule has 0 saturated heterocycles. The van der Waals surface area contributed by atoms with E-state index in [1.165, 1.54) is 309 Å². The number of aromatic nitrogens is 2. The molecule has 0 bridgehead atoms. The Labute approximate surface area is 721 Å². The normalized spacial score (nSPS) is 14.2. The molecule has 0 N–H and O–H groups in total. The molecule has 8 aromatic rings. The average Bonchev–Trinajstić information content (AvgIpc) is 1.48. The molecule has 634 valence electrons. The Kier molecular flexibility index (Phi) is 45.1. The number of nitrogens with zero attached hydrogens (tertiary/aromatic N) is 2. The van der Waals surface area contributed by atoms with Crippen molar-refractivity contribution in [2.45, 2.75) is 440 Å². The zero-order chi connectivity index (χ0) is 80.5. The maximum absolute atomic E-state index is 16.5. The number of pyridine rings is 2. The number of fused-ring (bicyclic) bond motifs is 3. The second-order valence-electron chi connectivity index (χ2n) is 35.0. The van der Waals surface area contributed by atoms with Gasteiger partial charge in [0.1, 0.15) is 0 Å². The Morgan fingerprint density at radius 3 is 1.03 bits per heavy atom. The topological polar surface area (TPSA) is 44.0 Å². The average molecular weight is 1760 g/mol. The number of rotatable bonds is 65. The molecule has 0 aliphatic heterocycles. The fraction of sp³-hybridized carbons (Fsp3) is 0.686. The van der Waals surface area contributed by atoms with Crippen LogP contribution in [0.1, 0.15) is 450 Å². The molecule has 0 saturated carbocycles. The molecule has 114 heavy (non-hydrogen) atoms. The third-order valence-corrected chi connectivity index (χ3v) is 35.0. The van der Waals surface area contributed by atoms with Gasteiger partial charge in [-0.05, 0) is 0 Å². The van der Waals surface area contributed by atoms with Gasteiger partial charge in [0.25, 0.3) is 0 Å². The molecular weight excluding hydrogens is 1610 g/mol. The van der Waals surface area contributed by atoms with Gasteiger partial charge in [0.2, 0.25) is 0 Å². The van der Waals surface area contributed by atoms with Crippen molar-refractivity contribution in [2.24, 2.45) is 11.8 Å². The fourth-order valence-corrected chi connectivity index (χ4v) is 27.8. The number of hydrogen-bond acceptors (Lipinski definition) is 6. The van der Waals surface area contributed by atoms with Gasteiger partial charge in [0.05, 0.1) is 0 Å². The molecule has 0 amide bonds. The zero-order valence-electron chi connectivity index (χ0n) is 73.0. The number of thiophene rings is 4. The molecule has 9 rings (SSSR count). The summed E-state index contributed by atoms with van der Waals surface area (Å²) in [4.78, 5) is 40.8. The van der Waals surface area contributed by atoms with Crippen LogP contribution in [0.3, 0.4) is 0 Å². The first kappa shape index (κ1) is 94.7. The Morgan fingerprint density at radius 2 is 0.658 bits per heavy atom. The van der Waals surface area contributed by atoms with Crippen molar-refractivity contribution in [3.63, 3.8) is 0 Å². The van der Waals surface area contributed by atoms with Crippen LogP contribution in [0.15, 0.2) is 70.3 Å². The van der Waals surface area contributed by atoms with Gasteiger partial charge in [-0.2, -0.15) is 0 Å². The Morgan fingerprint density at radius 1 is 0.342 bits per heavy atom. The smallest absolute Gasteiger partial charge is 0.0654 e. The van der Waals surface area contributed by atoms with E-state index in [1.807, 2.05) is 34.8 Å². The van der Waals surface area contributed by atoms with Crippen LogP contribution in [0, 0.1) is 37.3 Å². The van der Waals surface area contributed by atoms with Gasteiger partial charge in [-0.25, -0.2) is 0 Å². The van der Waals surface area contributed by atoms with Gasteiger partial charge in [-0.15, -0.1) is 0 Å². The van der Waals surface area contributed by atoms with Crippen LogP contribution in [-0.2, 0) is 25.9 Å². The number of aryl methyl sites for hydroxylation is 6. The van der Waals surface area contributed by atoms with Crippen molar-refractivity contribution in [2.75, 3.05) is 0 Å². The van der Waals surface area contributed by atoms with E-state index in [1.54, 1.807) is 22.7 Å². The van der Waals surface area contributed by atoms with Crippen molar-refractivity contribution in [3.8, 4) is 29.3 Å². The molecular formula is C102H154F2N2O2S4Se2. The summed E-state index contributed by atoms with van der Waals surface area (Å²) in [6.07, 6.45) is 71.1.